The molecule has 0 unspecified atom stereocenters. The Morgan fingerprint density at radius 1 is 1.33 bits per heavy atom. The Morgan fingerprint density at radius 2 is 2.08 bits per heavy atom. The summed E-state index contributed by atoms with van der Waals surface area (Å²) in [4.78, 5) is 0. The van der Waals surface area contributed by atoms with Gasteiger partial charge in [-0.2, -0.15) is 0 Å². The molecule has 0 radical (unpaired) electrons. The van der Waals surface area contributed by atoms with Crippen molar-refractivity contribution in [1.29, 1.82) is 0 Å². The molecule has 0 aromatic heterocycles. The van der Waals surface area contributed by atoms with E-state index in [4.69, 9.17) is 0 Å². The van der Waals surface area contributed by atoms with Crippen LogP contribution in [0.4, 0.5) is 0 Å². The zero-order chi connectivity index (χ0) is 8.10. The number of hydrazine groups is 1. The summed E-state index contributed by atoms with van der Waals surface area (Å²) >= 11 is 0. The molecule has 1 aliphatic rings. The van der Waals surface area contributed by atoms with Gasteiger partial charge >= 0.3 is 0 Å². The van der Waals surface area contributed by atoms with Gasteiger partial charge in [-0.3, -0.25) is 0 Å². The second-order valence-electron chi connectivity index (χ2n) is 2.91. The minimum atomic E-state index is 0. The van der Waals surface area contributed by atoms with Crippen LogP contribution >= 0.6 is 17.0 Å². The van der Waals surface area contributed by atoms with E-state index in [0.29, 0.717) is 0 Å². The lowest BCUT2D eigenvalue weighted by atomic mass is 10.3. The molecule has 1 heterocycles. The zero-order valence-electron chi connectivity index (χ0n) is 7.99. The smallest absolute Gasteiger partial charge is 0.0379 e. The Bertz CT molecular complexity index is 136. The van der Waals surface area contributed by atoms with Gasteiger partial charge in [0.1, 0.15) is 0 Å². The van der Waals surface area contributed by atoms with E-state index in [0.717, 1.165) is 13.1 Å². The van der Waals surface area contributed by atoms with Gasteiger partial charge in [-0.05, 0) is 13.3 Å². The predicted octanol–water partition coefficient (Wildman–Crippen LogP) is 2.43. The van der Waals surface area contributed by atoms with Gasteiger partial charge in [0, 0.05) is 25.8 Å². The normalized spacial score (nSPS) is 16.7. The monoisotopic (exact) mass is 234 g/mol. The lowest BCUT2D eigenvalue weighted by Crippen LogP contribution is -2.35. The number of nitrogens with zero attached hydrogens (tertiary/aromatic N) is 2. The largest absolute Gasteiger partial charge is 0.313 e. The highest BCUT2D eigenvalue weighted by atomic mass is 79.9. The summed E-state index contributed by atoms with van der Waals surface area (Å²) in [7, 11) is 0. The van der Waals surface area contributed by atoms with E-state index in [1.807, 2.05) is 0 Å². The number of hydrogen-bond donors (Lipinski definition) is 0. The maximum Gasteiger partial charge on any atom is 0.0379 e. The Balaban J connectivity index is 0.00000121. The first kappa shape index (κ1) is 12.0. The molecule has 0 N–H and O–H groups in total. The Kier molecular flexibility index (Phi) is 6.48. The Morgan fingerprint density at radius 3 is 2.67 bits per heavy atom. The zero-order valence-corrected chi connectivity index (χ0v) is 9.71. The molecule has 0 aromatic rings. The fraction of sp³-hybridized carbons (Fsp3) is 0.778. The predicted molar refractivity (Wildman–Crippen MR) is 58.3 cm³/mol. The maximum absolute atomic E-state index is 2.39. The molecule has 0 saturated carbocycles. The highest BCUT2D eigenvalue weighted by Gasteiger charge is 2.12. The van der Waals surface area contributed by atoms with Crippen LogP contribution in [0.25, 0.3) is 0 Å². The van der Waals surface area contributed by atoms with E-state index < -0.39 is 0 Å². The lowest BCUT2D eigenvalue weighted by molar-refractivity contribution is 0.0561. The molecule has 0 saturated heterocycles. The third-order valence-corrected chi connectivity index (χ3v) is 2.05. The first-order chi connectivity index (χ1) is 5.38. The van der Waals surface area contributed by atoms with Crippen molar-refractivity contribution >= 4 is 17.0 Å². The molecule has 0 amide bonds. The van der Waals surface area contributed by atoms with Crippen LogP contribution in [0.15, 0.2) is 12.3 Å². The second kappa shape index (κ2) is 6.49. The van der Waals surface area contributed by atoms with E-state index in [1.165, 1.54) is 19.4 Å². The minimum Gasteiger partial charge on any atom is -0.313 e. The van der Waals surface area contributed by atoms with Crippen LogP contribution in [-0.2, 0) is 0 Å². The average Bonchev–Trinajstić information content (AvgIpc) is 2.47. The van der Waals surface area contributed by atoms with E-state index in [9.17, 15) is 0 Å². The molecule has 3 heteroatoms. The van der Waals surface area contributed by atoms with Crippen LogP contribution in [-0.4, -0.2) is 29.7 Å². The van der Waals surface area contributed by atoms with Gasteiger partial charge in [0.25, 0.3) is 0 Å². The lowest BCUT2D eigenvalue weighted by Gasteiger charge is -2.27. The molecule has 0 spiro atoms. The minimum absolute atomic E-state index is 0. The van der Waals surface area contributed by atoms with Crippen LogP contribution in [0, 0.1) is 0 Å². The molecular weight excluding hydrogens is 216 g/mol. The summed E-state index contributed by atoms with van der Waals surface area (Å²) in [5.41, 5.74) is 0. The van der Waals surface area contributed by atoms with Crippen molar-refractivity contribution in [2.24, 2.45) is 0 Å². The van der Waals surface area contributed by atoms with Gasteiger partial charge in [-0.15, -0.1) is 17.0 Å². The summed E-state index contributed by atoms with van der Waals surface area (Å²) in [6, 6.07) is 0. The van der Waals surface area contributed by atoms with Crippen molar-refractivity contribution < 1.29 is 0 Å². The van der Waals surface area contributed by atoms with E-state index >= 15 is 0 Å². The summed E-state index contributed by atoms with van der Waals surface area (Å²) in [5.74, 6) is 0. The van der Waals surface area contributed by atoms with Gasteiger partial charge in [0.15, 0.2) is 0 Å². The van der Waals surface area contributed by atoms with Crippen LogP contribution in [0.2, 0.25) is 0 Å². The van der Waals surface area contributed by atoms with E-state index in [-0.39, 0.29) is 17.0 Å². The summed E-state index contributed by atoms with van der Waals surface area (Å²) in [6.07, 6.45) is 6.99. The van der Waals surface area contributed by atoms with Crippen LogP contribution in [0.1, 0.15) is 26.7 Å². The van der Waals surface area contributed by atoms with Crippen molar-refractivity contribution in [2.45, 2.75) is 26.7 Å². The Labute approximate surface area is 86.0 Å². The molecular formula is C9H19BrN2. The van der Waals surface area contributed by atoms with Gasteiger partial charge < -0.3 is 5.01 Å². The van der Waals surface area contributed by atoms with Crippen LogP contribution in [0.3, 0.4) is 0 Å². The third kappa shape index (κ3) is 3.15. The van der Waals surface area contributed by atoms with Gasteiger partial charge in [-0.1, -0.05) is 19.4 Å². The quantitative estimate of drug-likeness (QED) is 0.738. The van der Waals surface area contributed by atoms with Crippen molar-refractivity contribution in [1.82, 2.24) is 10.0 Å². The summed E-state index contributed by atoms with van der Waals surface area (Å²) in [6.45, 7) is 7.83. The van der Waals surface area contributed by atoms with Crippen molar-refractivity contribution in [3.63, 3.8) is 0 Å². The van der Waals surface area contributed by atoms with Gasteiger partial charge in [-0.25, -0.2) is 5.01 Å². The third-order valence-electron chi connectivity index (χ3n) is 2.05. The summed E-state index contributed by atoms with van der Waals surface area (Å²) < 4.78 is 0. The number of hydrogen-bond acceptors (Lipinski definition) is 2. The number of halogens is 1. The first-order valence-corrected chi connectivity index (χ1v) is 4.56. The standard InChI is InChI=1S/C9H18N2.BrH/c1-3-5-7-11-9-6-8-10(11)4-2;/h6,8H,3-5,7,9H2,1-2H3;1H. The molecule has 0 aliphatic carbocycles. The fourth-order valence-corrected chi connectivity index (χ4v) is 1.36. The summed E-state index contributed by atoms with van der Waals surface area (Å²) in [5, 5.41) is 4.68. The molecule has 0 atom stereocenters. The van der Waals surface area contributed by atoms with Gasteiger partial charge in [0.2, 0.25) is 0 Å². The molecule has 0 aromatic carbocycles. The Hall–Kier alpha value is -0.0200. The van der Waals surface area contributed by atoms with Gasteiger partial charge in [0.05, 0.1) is 0 Å². The number of rotatable bonds is 4. The fourth-order valence-electron chi connectivity index (χ4n) is 1.36. The maximum atomic E-state index is 2.39. The van der Waals surface area contributed by atoms with Crippen molar-refractivity contribution in [2.75, 3.05) is 19.6 Å². The highest BCUT2D eigenvalue weighted by Crippen LogP contribution is 2.07. The molecule has 2 nitrogen and oxygen atoms in total. The highest BCUT2D eigenvalue weighted by molar-refractivity contribution is 8.93. The topological polar surface area (TPSA) is 6.48 Å². The average molecular weight is 235 g/mol. The molecule has 72 valence electrons. The van der Waals surface area contributed by atoms with E-state index in [2.05, 4.69) is 36.1 Å². The molecule has 1 rings (SSSR count). The van der Waals surface area contributed by atoms with Crippen molar-refractivity contribution in [3.8, 4) is 0 Å². The molecule has 0 fully saturated rings. The van der Waals surface area contributed by atoms with Crippen LogP contribution in [0.5, 0.6) is 0 Å². The molecule has 0 bridgehead atoms. The van der Waals surface area contributed by atoms with Crippen molar-refractivity contribution in [3.05, 3.63) is 12.3 Å². The second-order valence-corrected chi connectivity index (χ2v) is 2.91. The first-order valence-electron chi connectivity index (χ1n) is 4.56. The SMILES string of the molecule is Br.CCCCN1CC=CN1CC. The van der Waals surface area contributed by atoms with Crippen LogP contribution < -0.4 is 0 Å². The molecule has 1 aliphatic heterocycles. The van der Waals surface area contributed by atoms with E-state index in [1.54, 1.807) is 0 Å². The number of unbranched alkanes of at least 4 members (excludes halogenated alkanes) is 1. The molecule has 12 heavy (non-hydrogen) atoms.